The largest absolute Gasteiger partial charge is 0.492 e. The Morgan fingerprint density at radius 1 is 1.25 bits per heavy atom. The van der Waals surface area contributed by atoms with Gasteiger partial charge in [-0.15, -0.1) is 0 Å². The summed E-state index contributed by atoms with van der Waals surface area (Å²) < 4.78 is 12.6. The van der Waals surface area contributed by atoms with Crippen LogP contribution in [0.5, 0.6) is 11.5 Å². The molecule has 146 valence electrons. The van der Waals surface area contributed by atoms with E-state index in [1.54, 1.807) is 38.3 Å². The van der Waals surface area contributed by atoms with E-state index < -0.39 is 0 Å². The van der Waals surface area contributed by atoms with Gasteiger partial charge < -0.3 is 9.47 Å². The number of amides is 1. The van der Waals surface area contributed by atoms with E-state index in [9.17, 15) is 4.79 Å². The number of carbonyl (C=O) groups excluding carboxylic acids is 1. The summed E-state index contributed by atoms with van der Waals surface area (Å²) in [7, 11) is 1.58. The number of anilines is 1. The molecule has 3 rings (SSSR count). The summed E-state index contributed by atoms with van der Waals surface area (Å²) >= 11 is 13.3. The van der Waals surface area contributed by atoms with Crippen molar-refractivity contribution in [3.63, 3.8) is 0 Å². The van der Waals surface area contributed by atoms with Gasteiger partial charge in [0.25, 0.3) is 5.91 Å². The number of rotatable bonds is 5. The molecule has 0 unspecified atom stereocenters. The molecule has 0 saturated carbocycles. The Labute approximate surface area is 185 Å². The average Bonchev–Trinajstić information content (AvgIpc) is 2.94. The monoisotopic (exact) mass is 526 g/mol. The number of benzene rings is 2. The van der Waals surface area contributed by atoms with E-state index in [1.165, 1.54) is 5.01 Å². The molecule has 1 heterocycles. The van der Waals surface area contributed by atoms with E-state index in [4.69, 9.17) is 21.1 Å². The molecule has 1 aliphatic rings. The van der Waals surface area contributed by atoms with Crippen molar-refractivity contribution in [1.82, 2.24) is 0 Å². The van der Waals surface area contributed by atoms with Gasteiger partial charge in [-0.3, -0.25) is 4.79 Å². The van der Waals surface area contributed by atoms with Crippen LogP contribution >= 0.6 is 43.5 Å². The van der Waals surface area contributed by atoms with Crippen LogP contribution in [0.3, 0.4) is 0 Å². The van der Waals surface area contributed by atoms with Gasteiger partial charge in [-0.25, -0.2) is 0 Å². The molecule has 0 spiro atoms. The molecule has 1 aliphatic heterocycles. The van der Waals surface area contributed by atoms with Crippen molar-refractivity contribution >= 4 is 66.8 Å². The lowest BCUT2D eigenvalue weighted by Crippen LogP contribution is -2.21. The zero-order valence-electron chi connectivity index (χ0n) is 15.4. The van der Waals surface area contributed by atoms with E-state index in [0.29, 0.717) is 44.6 Å². The summed E-state index contributed by atoms with van der Waals surface area (Å²) in [5.74, 6) is 0.911. The number of hydrazone groups is 1. The zero-order valence-corrected chi connectivity index (χ0v) is 19.4. The number of nitrogens with zero attached hydrogens (tertiary/aromatic N) is 2. The summed E-state index contributed by atoms with van der Waals surface area (Å²) in [6, 6.07) is 8.92. The third kappa shape index (κ3) is 3.83. The molecular weight excluding hydrogens is 511 g/mol. The van der Waals surface area contributed by atoms with Gasteiger partial charge in [-0.2, -0.15) is 10.1 Å². The van der Waals surface area contributed by atoms with Crippen LogP contribution in [0.15, 0.2) is 50.0 Å². The van der Waals surface area contributed by atoms with E-state index in [-0.39, 0.29) is 5.91 Å². The Hall–Kier alpha value is -1.83. The predicted molar refractivity (Wildman–Crippen MR) is 120 cm³/mol. The van der Waals surface area contributed by atoms with Crippen LogP contribution in [0.4, 0.5) is 5.69 Å². The second kappa shape index (κ2) is 8.68. The number of hydrogen-bond acceptors (Lipinski definition) is 4. The van der Waals surface area contributed by atoms with Crippen molar-refractivity contribution in [1.29, 1.82) is 0 Å². The minimum Gasteiger partial charge on any atom is -0.492 e. The third-order valence-corrected chi connectivity index (χ3v) is 6.57. The molecule has 0 aliphatic carbocycles. The predicted octanol–water partition coefficient (Wildman–Crippen LogP) is 6.08. The molecule has 28 heavy (non-hydrogen) atoms. The highest BCUT2D eigenvalue weighted by Crippen LogP contribution is 2.43. The van der Waals surface area contributed by atoms with Crippen molar-refractivity contribution in [2.75, 3.05) is 18.7 Å². The highest BCUT2D eigenvalue weighted by Gasteiger charge is 2.30. The summed E-state index contributed by atoms with van der Waals surface area (Å²) in [6.45, 7) is 4.17. The topological polar surface area (TPSA) is 51.1 Å². The van der Waals surface area contributed by atoms with Gasteiger partial charge in [-0.05, 0) is 75.5 Å². The molecule has 5 nitrogen and oxygen atoms in total. The molecule has 0 radical (unpaired) electrons. The number of para-hydroxylation sites is 1. The van der Waals surface area contributed by atoms with Crippen molar-refractivity contribution in [3.8, 4) is 11.5 Å². The molecule has 0 N–H and O–H groups in total. The summed E-state index contributed by atoms with van der Waals surface area (Å²) in [6.07, 6.45) is 1.77. The number of carbonyl (C=O) groups is 1. The quantitative estimate of drug-likeness (QED) is 0.442. The Morgan fingerprint density at radius 2 is 1.96 bits per heavy atom. The molecule has 0 bridgehead atoms. The van der Waals surface area contributed by atoms with Gasteiger partial charge in [0.05, 0.1) is 40.2 Å². The second-order valence-corrected chi connectivity index (χ2v) is 7.86. The lowest BCUT2D eigenvalue weighted by atomic mass is 10.1. The van der Waals surface area contributed by atoms with Gasteiger partial charge in [0.2, 0.25) is 0 Å². The van der Waals surface area contributed by atoms with Crippen LogP contribution < -0.4 is 14.5 Å². The third-order valence-electron chi connectivity index (χ3n) is 4.10. The Balaban J connectivity index is 2.06. The lowest BCUT2D eigenvalue weighted by molar-refractivity contribution is -0.114. The second-order valence-electron chi connectivity index (χ2n) is 5.87. The molecule has 2 aromatic carbocycles. The molecular formula is C20H17Br2ClN2O3. The Morgan fingerprint density at radius 3 is 2.61 bits per heavy atom. The van der Waals surface area contributed by atoms with Gasteiger partial charge in [0.15, 0.2) is 11.5 Å². The number of methoxy groups -OCH3 is 1. The van der Waals surface area contributed by atoms with E-state index in [1.807, 2.05) is 19.1 Å². The fourth-order valence-electron chi connectivity index (χ4n) is 2.79. The summed E-state index contributed by atoms with van der Waals surface area (Å²) in [4.78, 5) is 13.0. The van der Waals surface area contributed by atoms with Gasteiger partial charge in [-0.1, -0.05) is 23.7 Å². The van der Waals surface area contributed by atoms with Crippen LogP contribution in [0.2, 0.25) is 5.02 Å². The van der Waals surface area contributed by atoms with E-state index in [2.05, 4.69) is 37.0 Å². The first-order valence-electron chi connectivity index (χ1n) is 8.44. The Bertz CT molecular complexity index is 1010. The van der Waals surface area contributed by atoms with Crippen LogP contribution in [-0.4, -0.2) is 25.3 Å². The smallest absolute Gasteiger partial charge is 0.280 e. The van der Waals surface area contributed by atoms with Crippen LogP contribution in [0, 0.1) is 0 Å². The molecule has 0 saturated heterocycles. The standard InChI is InChI=1S/C20H17Br2ClN2O3/c1-4-28-16-10-12(17(21)18(22)19(16)27-3)9-13-11(2)24-25(20(13)26)15-8-6-5-7-14(15)23/h5-10H,4H2,1-3H3/b13-9+. The van der Waals surface area contributed by atoms with Crippen LogP contribution in [-0.2, 0) is 4.79 Å². The summed E-state index contributed by atoms with van der Waals surface area (Å²) in [5, 5.41) is 6.17. The maximum atomic E-state index is 13.0. The van der Waals surface area contributed by atoms with Gasteiger partial charge >= 0.3 is 0 Å². The first-order chi connectivity index (χ1) is 13.4. The number of ether oxygens (including phenoxy) is 2. The van der Waals surface area contributed by atoms with Crippen LogP contribution in [0.1, 0.15) is 19.4 Å². The van der Waals surface area contributed by atoms with Crippen molar-refractivity contribution in [2.24, 2.45) is 5.10 Å². The van der Waals surface area contributed by atoms with E-state index in [0.717, 1.165) is 10.0 Å². The lowest BCUT2D eigenvalue weighted by Gasteiger charge is -2.15. The molecule has 0 fully saturated rings. The Kier molecular flexibility index (Phi) is 6.47. The van der Waals surface area contributed by atoms with Crippen molar-refractivity contribution < 1.29 is 14.3 Å². The first-order valence-corrected chi connectivity index (χ1v) is 10.4. The maximum Gasteiger partial charge on any atom is 0.280 e. The highest BCUT2D eigenvalue weighted by atomic mass is 79.9. The minimum atomic E-state index is -0.248. The first kappa shape index (κ1) is 20.9. The maximum absolute atomic E-state index is 13.0. The number of hydrogen-bond donors (Lipinski definition) is 0. The zero-order chi connectivity index (χ0) is 20.4. The molecule has 8 heteroatoms. The number of halogens is 3. The summed E-state index contributed by atoms with van der Waals surface area (Å²) in [5.41, 5.74) is 2.37. The average molecular weight is 529 g/mol. The normalized spacial score (nSPS) is 15.2. The van der Waals surface area contributed by atoms with Crippen molar-refractivity contribution in [2.45, 2.75) is 13.8 Å². The van der Waals surface area contributed by atoms with E-state index >= 15 is 0 Å². The molecule has 2 aromatic rings. The fraction of sp³-hybridized carbons (Fsp3) is 0.200. The SMILES string of the molecule is CCOc1cc(/C=C2/C(=O)N(c3ccccc3Cl)N=C2C)c(Br)c(Br)c1OC. The highest BCUT2D eigenvalue weighted by molar-refractivity contribution is 9.13. The molecule has 1 amide bonds. The molecule has 0 aromatic heterocycles. The van der Waals surface area contributed by atoms with Gasteiger partial charge in [0.1, 0.15) is 0 Å². The minimum absolute atomic E-state index is 0.248. The van der Waals surface area contributed by atoms with Gasteiger partial charge in [0, 0.05) is 4.47 Å². The van der Waals surface area contributed by atoms with Crippen LogP contribution in [0.25, 0.3) is 6.08 Å². The molecule has 0 atom stereocenters. The van der Waals surface area contributed by atoms with Crippen molar-refractivity contribution in [3.05, 3.63) is 55.4 Å². The fourth-order valence-corrected chi connectivity index (χ4v) is 4.00.